The maximum atomic E-state index is 14.3. The molecule has 0 amide bonds. The summed E-state index contributed by atoms with van der Waals surface area (Å²) in [6, 6.07) is 0.278. The summed E-state index contributed by atoms with van der Waals surface area (Å²) >= 11 is 6.39. The molecule has 1 aliphatic carbocycles. The molecule has 2 aromatic rings. The van der Waals surface area contributed by atoms with E-state index in [4.69, 9.17) is 48.6 Å². The largest absolute Gasteiger partial charge is 0.382 e. The van der Waals surface area contributed by atoms with Crippen LogP contribution in [0.1, 0.15) is 92.9 Å². The molecule has 2 saturated heterocycles. The van der Waals surface area contributed by atoms with Crippen LogP contribution in [0.5, 0.6) is 0 Å². The number of rotatable bonds is 14. The molecule has 1 saturated carbocycles. The second-order valence-electron chi connectivity index (χ2n) is 14.8. The molecule has 2 aliphatic heterocycles. The lowest BCUT2D eigenvalue weighted by atomic mass is 10.1. The maximum Gasteiger partial charge on any atom is 0.343 e. The Balaban J connectivity index is 1.40. The van der Waals surface area contributed by atoms with Gasteiger partial charge in [0, 0.05) is 13.2 Å². The van der Waals surface area contributed by atoms with Crippen LogP contribution in [0.25, 0.3) is 5.65 Å². The molecular weight excluding hydrogens is 688 g/mol. The average Bonchev–Trinajstić information content (AvgIpc) is 3.70. The van der Waals surface area contributed by atoms with E-state index in [0.29, 0.717) is 17.2 Å². The van der Waals surface area contributed by atoms with E-state index in [1.54, 1.807) is 66.1 Å². The van der Waals surface area contributed by atoms with E-state index in [1.807, 2.05) is 0 Å². The molecule has 2 aromatic heterocycles. The first-order valence-corrected chi connectivity index (χ1v) is 20.2. The predicted octanol–water partition coefficient (Wildman–Crippen LogP) is 6.75. The Morgan fingerprint density at radius 1 is 1.00 bits per heavy atom. The number of aromatic nitrogens is 4. The average molecular weight is 738 g/mol. The van der Waals surface area contributed by atoms with Crippen LogP contribution in [0.2, 0.25) is 5.28 Å². The van der Waals surface area contributed by atoms with E-state index in [-0.39, 0.29) is 31.1 Å². The lowest BCUT2D eigenvalue weighted by Crippen LogP contribution is -2.33. The Bertz CT molecular complexity index is 1500. The van der Waals surface area contributed by atoms with Crippen LogP contribution in [-0.2, 0) is 46.2 Å². The number of anilines is 1. The van der Waals surface area contributed by atoms with E-state index in [2.05, 4.69) is 20.4 Å². The number of halogens is 1. The van der Waals surface area contributed by atoms with Crippen molar-refractivity contribution in [3.8, 4) is 0 Å². The fourth-order valence-electron chi connectivity index (χ4n) is 6.17. The topological polar surface area (TPSA) is 163 Å². The monoisotopic (exact) mass is 737 g/mol. The molecule has 0 aromatic carbocycles. The third kappa shape index (κ3) is 9.55. The van der Waals surface area contributed by atoms with Crippen LogP contribution >= 0.6 is 26.8 Å². The number of nitrogens with one attached hydrogen (secondary N) is 1. The standard InChI is InChI=1S/C30H50ClN5O10P2/c1-28(2,3)45-48(38,46-29(4,5)6)18-47(37,40-15-14-39-9)41-17-21-23-24(44-30(7,8)43-23)22(42-21)20-16-32-26-25(33-19-12-10-11-13-19)34-27(31)35-36(20)26/h16,19,21-24H,10-15,17-18H2,1-9H3,(H,33,34,35)/t21-,22+,23-,24+,47?/m1/s1. The highest BCUT2D eigenvalue weighted by Crippen LogP contribution is 2.66. The molecule has 5 rings (SSSR count). The number of ether oxygens (including phenoxy) is 4. The van der Waals surface area contributed by atoms with Crippen molar-refractivity contribution in [2.24, 2.45) is 0 Å². The molecule has 0 radical (unpaired) electrons. The van der Waals surface area contributed by atoms with Crippen LogP contribution in [0.15, 0.2) is 6.20 Å². The molecule has 0 spiro atoms. The van der Waals surface area contributed by atoms with Gasteiger partial charge in [0.05, 0.1) is 42.9 Å². The van der Waals surface area contributed by atoms with Crippen LogP contribution in [-0.4, -0.2) is 93.8 Å². The second kappa shape index (κ2) is 14.4. The van der Waals surface area contributed by atoms with E-state index < -0.39 is 62.5 Å². The zero-order valence-corrected chi connectivity index (χ0v) is 31.8. The third-order valence-electron chi connectivity index (χ3n) is 7.68. The van der Waals surface area contributed by atoms with Crippen molar-refractivity contribution in [2.75, 3.05) is 38.2 Å². The SMILES string of the molecule is COCCOP(=O)(CP(=O)(OC(C)(C)C)OC(C)(C)C)OC[C@H]1O[C@@H](c2cnc3c(NC4CCCC4)nc(Cl)nn23)[C@@H]2OC(C)(C)O[C@@H]21. The van der Waals surface area contributed by atoms with Crippen LogP contribution in [0, 0.1) is 0 Å². The van der Waals surface area contributed by atoms with Crippen molar-refractivity contribution in [3.63, 3.8) is 0 Å². The molecule has 48 heavy (non-hydrogen) atoms. The summed E-state index contributed by atoms with van der Waals surface area (Å²) in [6.07, 6.45) is 3.33. The molecule has 272 valence electrons. The molecule has 3 fully saturated rings. The maximum absolute atomic E-state index is 14.3. The number of methoxy groups -OCH3 is 1. The van der Waals surface area contributed by atoms with Gasteiger partial charge in [-0.2, -0.15) is 4.98 Å². The van der Waals surface area contributed by atoms with Gasteiger partial charge in [-0.1, -0.05) is 12.8 Å². The summed E-state index contributed by atoms with van der Waals surface area (Å²) in [7, 11) is -6.69. The van der Waals surface area contributed by atoms with Gasteiger partial charge in [-0.25, -0.2) is 9.50 Å². The van der Waals surface area contributed by atoms with E-state index in [9.17, 15) is 9.13 Å². The quantitative estimate of drug-likeness (QED) is 0.160. The van der Waals surface area contributed by atoms with E-state index in [1.165, 1.54) is 7.11 Å². The predicted molar refractivity (Wildman–Crippen MR) is 179 cm³/mol. The highest BCUT2D eigenvalue weighted by Gasteiger charge is 2.57. The molecule has 18 heteroatoms. The fraction of sp³-hybridized carbons (Fsp3) is 0.833. The zero-order valence-electron chi connectivity index (χ0n) is 29.3. The Kier molecular flexibility index (Phi) is 11.4. The van der Waals surface area contributed by atoms with Gasteiger partial charge in [0.15, 0.2) is 23.2 Å². The first kappa shape index (κ1) is 38.0. The van der Waals surface area contributed by atoms with Crippen molar-refractivity contribution in [3.05, 3.63) is 17.2 Å². The molecule has 1 N–H and O–H groups in total. The molecular formula is C30H50ClN5O10P2. The summed E-state index contributed by atoms with van der Waals surface area (Å²) in [5, 5.41) is 7.96. The molecule has 4 heterocycles. The smallest absolute Gasteiger partial charge is 0.343 e. The summed E-state index contributed by atoms with van der Waals surface area (Å²) in [4.78, 5) is 9.04. The van der Waals surface area contributed by atoms with Gasteiger partial charge in [0.1, 0.15) is 24.4 Å². The van der Waals surface area contributed by atoms with Crippen LogP contribution in [0.3, 0.4) is 0 Å². The minimum absolute atomic E-state index is 0.0501. The molecule has 0 bridgehead atoms. The minimum Gasteiger partial charge on any atom is -0.382 e. The van der Waals surface area contributed by atoms with Gasteiger partial charge in [-0.3, -0.25) is 9.13 Å². The van der Waals surface area contributed by atoms with Gasteiger partial charge < -0.3 is 42.4 Å². The first-order chi connectivity index (χ1) is 22.3. The Morgan fingerprint density at radius 2 is 1.65 bits per heavy atom. The number of nitrogens with zero attached hydrogens (tertiary/aromatic N) is 4. The Labute approximate surface area is 287 Å². The Morgan fingerprint density at radius 3 is 2.27 bits per heavy atom. The van der Waals surface area contributed by atoms with Crippen molar-refractivity contribution in [2.45, 2.75) is 129 Å². The Hall–Kier alpha value is -1.22. The highest BCUT2D eigenvalue weighted by molar-refractivity contribution is 7.71. The molecule has 15 nitrogen and oxygen atoms in total. The van der Waals surface area contributed by atoms with Gasteiger partial charge in [-0.15, -0.1) is 5.10 Å². The highest BCUT2D eigenvalue weighted by atomic mass is 35.5. The third-order valence-corrected chi connectivity index (χ3v) is 13.4. The molecule has 1 unspecified atom stereocenters. The number of imidazole rings is 1. The van der Waals surface area contributed by atoms with Crippen molar-refractivity contribution in [1.29, 1.82) is 0 Å². The summed E-state index contributed by atoms with van der Waals surface area (Å²) in [6.45, 7) is 13.8. The minimum atomic E-state index is -4.14. The zero-order chi connectivity index (χ0) is 35.1. The van der Waals surface area contributed by atoms with Crippen molar-refractivity contribution < 1.29 is 46.2 Å². The summed E-state index contributed by atoms with van der Waals surface area (Å²) in [5.41, 5.74) is -0.672. The van der Waals surface area contributed by atoms with Crippen LogP contribution < -0.4 is 5.32 Å². The first-order valence-electron chi connectivity index (χ1n) is 16.3. The molecule has 5 atom stereocenters. The van der Waals surface area contributed by atoms with Gasteiger partial charge in [0.2, 0.25) is 5.28 Å². The number of fused-ring (bicyclic) bond motifs is 2. The van der Waals surface area contributed by atoms with Crippen molar-refractivity contribution >= 4 is 38.3 Å². The second-order valence-corrected chi connectivity index (χ2v) is 19.6. The fourth-order valence-corrected chi connectivity index (χ4v) is 11.6. The summed E-state index contributed by atoms with van der Waals surface area (Å²) < 4.78 is 77.8. The van der Waals surface area contributed by atoms with Crippen molar-refractivity contribution in [1.82, 2.24) is 19.6 Å². The molecule has 3 aliphatic rings. The van der Waals surface area contributed by atoms with Gasteiger partial charge >= 0.3 is 15.2 Å². The van der Waals surface area contributed by atoms with E-state index in [0.717, 1.165) is 25.7 Å². The van der Waals surface area contributed by atoms with E-state index >= 15 is 0 Å². The number of hydrogen-bond acceptors (Lipinski definition) is 14. The number of hydrogen-bond donors (Lipinski definition) is 1. The summed E-state index contributed by atoms with van der Waals surface area (Å²) in [5.74, 6) is -1.03. The van der Waals surface area contributed by atoms with Crippen LogP contribution in [0.4, 0.5) is 5.82 Å². The van der Waals surface area contributed by atoms with Gasteiger partial charge in [0.25, 0.3) is 0 Å². The normalized spacial score (nSPS) is 26.3. The lowest BCUT2D eigenvalue weighted by molar-refractivity contribution is -0.191. The lowest BCUT2D eigenvalue weighted by Gasteiger charge is -2.33. The van der Waals surface area contributed by atoms with Gasteiger partial charge in [-0.05, 0) is 79.8 Å².